The van der Waals surface area contributed by atoms with Gasteiger partial charge in [-0.25, -0.2) is 9.37 Å². The number of aryl methyl sites for hydroxylation is 1. The number of imidazole rings is 1. The Labute approximate surface area is 188 Å². The highest BCUT2D eigenvalue weighted by atomic mass is 19.1. The van der Waals surface area contributed by atoms with Crippen molar-refractivity contribution in [3.05, 3.63) is 119 Å². The van der Waals surface area contributed by atoms with E-state index in [0.717, 1.165) is 22.5 Å². The zero-order valence-electron chi connectivity index (χ0n) is 17.7. The Hall–Kier alpha value is -4.52. The van der Waals surface area contributed by atoms with Crippen LogP contribution in [0.5, 0.6) is 0 Å². The summed E-state index contributed by atoms with van der Waals surface area (Å²) in [6, 6.07) is 23.4. The third-order valence-corrected chi connectivity index (χ3v) is 5.40. The Balaban J connectivity index is 1.43. The molecule has 0 saturated heterocycles. The summed E-state index contributed by atoms with van der Waals surface area (Å²) in [5, 5.41) is 2.88. The normalized spacial score (nSPS) is 11.0. The number of anilines is 1. The van der Waals surface area contributed by atoms with Crippen LogP contribution >= 0.6 is 0 Å². The molecule has 162 valence electrons. The Bertz CT molecular complexity index is 1530. The van der Waals surface area contributed by atoms with E-state index in [1.54, 1.807) is 72.9 Å². The van der Waals surface area contributed by atoms with Crippen molar-refractivity contribution < 1.29 is 9.18 Å². The van der Waals surface area contributed by atoms with E-state index in [4.69, 9.17) is 0 Å². The minimum absolute atomic E-state index is 0.129. The predicted molar refractivity (Wildman–Crippen MR) is 126 cm³/mol. The van der Waals surface area contributed by atoms with Gasteiger partial charge in [-0.15, -0.1) is 0 Å². The SMILES string of the molecule is Cc1nc2ccc(C(=O)Nc3ccc(-n4ccccc4=O)cc3)cc2n1-c1ccc(F)cc1. The monoisotopic (exact) mass is 438 g/mol. The molecule has 0 radical (unpaired) electrons. The molecule has 2 aromatic heterocycles. The van der Waals surface area contributed by atoms with Crippen LogP contribution < -0.4 is 10.9 Å². The van der Waals surface area contributed by atoms with Gasteiger partial charge in [-0.3, -0.25) is 18.7 Å². The van der Waals surface area contributed by atoms with E-state index in [-0.39, 0.29) is 17.3 Å². The molecule has 2 heterocycles. The molecule has 5 aromatic rings. The zero-order valence-corrected chi connectivity index (χ0v) is 17.7. The van der Waals surface area contributed by atoms with E-state index >= 15 is 0 Å². The second-order valence-corrected chi connectivity index (χ2v) is 7.58. The third kappa shape index (κ3) is 3.92. The highest BCUT2D eigenvalue weighted by Crippen LogP contribution is 2.23. The van der Waals surface area contributed by atoms with Crippen molar-refractivity contribution in [1.82, 2.24) is 14.1 Å². The lowest BCUT2D eigenvalue weighted by Crippen LogP contribution is -2.16. The van der Waals surface area contributed by atoms with E-state index in [1.165, 1.54) is 22.8 Å². The zero-order chi connectivity index (χ0) is 22.9. The van der Waals surface area contributed by atoms with Crippen LogP contribution in [0.4, 0.5) is 10.1 Å². The molecule has 0 fully saturated rings. The average molecular weight is 438 g/mol. The summed E-state index contributed by atoms with van der Waals surface area (Å²) >= 11 is 0. The maximum absolute atomic E-state index is 13.4. The number of nitrogens with zero attached hydrogens (tertiary/aromatic N) is 3. The maximum atomic E-state index is 13.4. The van der Waals surface area contributed by atoms with Gasteiger partial charge in [0.15, 0.2) is 0 Å². The number of hydrogen-bond donors (Lipinski definition) is 1. The second-order valence-electron chi connectivity index (χ2n) is 7.58. The third-order valence-electron chi connectivity index (χ3n) is 5.40. The number of pyridine rings is 1. The van der Waals surface area contributed by atoms with Gasteiger partial charge in [0.1, 0.15) is 11.6 Å². The van der Waals surface area contributed by atoms with Gasteiger partial charge in [0.2, 0.25) is 0 Å². The molecule has 0 aliphatic carbocycles. The van der Waals surface area contributed by atoms with Crippen molar-refractivity contribution >= 4 is 22.6 Å². The lowest BCUT2D eigenvalue weighted by Gasteiger charge is -2.10. The topological polar surface area (TPSA) is 68.9 Å². The summed E-state index contributed by atoms with van der Waals surface area (Å²) in [6.07, 6.45) is 1.69. The molecule has 0 unspecified atom stereocenters. The van der Waals surface area contributed by atoms with Crippen LogP contribution in [0, 0.1) is 12.7 Å². The number of rotatable bonds is 4. The number of carbonyl (C=O) groups is 1. The van der Waals surface area contributed by atoms with Crippen LogP contribution in [0.2, 0.25) is 0 Å². The summed E-state index contributed by atoms with van der Waals surface area (Å²) in [6.45, 7) is 1.86. The molecule has 7 heteroatoms. The van der Waals surface area contributed by atoms with Crippen LogP contribution in [-0.4, -0.2) is 20.0 Å². The number of amides is 1. The fourth-order valence-corrected chi connectivity index (χ4v) is 3.80. The van der Waals surface area contributed by atoms with Crippen molar-refractivity contribution in [3.8, 4) is 11.4 Å². The van der Waals surface area contributed by atoms with Gasteiger partial charge in [-0.2, -0.15) is 0 Å². The first-order chi connectivity index (χ1) is 16.0. The number of benzene rings is 3. The summed E-state index contributed by atoms with van der Waals surface area (Å²) in [4.78, 5) is 29.5. The smallest absolute Gasteiger partial charge is 0.255 e. The Kier molecular flexibility index (Phi) is 5.06. The predicted octanol–water partition coefficient (Wildman–Crippen LogP) is 4.88. The van der Waals surface area contributed by atoms with Crippen LogP contribution in [0.25, 0.3) is 22.4 Å². The van der Waals surface area contributed by atoms with Gasteiger partial charge in [-0.05, 0) is 79.7 Å². The Morgan fingerprint density at radius 1 is 0.909 bits per heavy atom. The molecule has 0 spiro atoms. The standard InChI is InChI=1S/C26H19FN4O2/c1-17-28-23-14-5-18(16-24(23)31(17)22-10-6-19(27)7-11-22)26(33)29-20-8-12-21(13-9-20)30-15-3-2-4-25(30)32/h2-16H,1H3,(H,29,33). The lowest BCUT2D eigenvalue weighted by molar-refractivity contribution is 0.102. The fourth-order valence-electron chi connectivity index (χ4n) is 3.80. The Morgan fingerprint density at radius 3 is 2.36 bits per heavy atom. The minimum atomic E-state index is -0.316. The van der Waals surface area contributed by atoms with Gasteiger partial charge in [0, 0.05) is 34.9 Å². The lowest BCUT2D eigenvalue weighted by atomic mass is 10.1. The molecule has 5 rings (SSSR count). The number of halogens is 1. The quantitative estimate of drug-likeness (QED) is 0.435. The van der Waals surface area contributed by atoms with E-state index in [2.05, 4.69) is 10.3 Å². The minimum Gasteiger partial charge on any atom is -0.322 e. The average Bonchev–Trinajstić information content (AvgIpc) is 3.15. The van der Waals surface area contributed by atoms with Crippen LogP contribution in [-0.2, 0) is 0 Å². The highest BCUT2D eigenvalue weighted by molar-refractivity contribution is 6.06. The first-order valence-corrected chi connectivity index (χ1v) is 10.3. The molecule has 0 bridgehead atoms. The first-order valence-electron chi connectivity index (χ1n) is 10.3. The summed E-state index contributed by atoms with van der Waals surface area (Å²) in [5.41, 5.74) is 3.91. The van der Waals surface area contributed by atoms with E-state index in [9.17, 15) is 14.0 Å². The van der Waals surface area contributed by atoms with Crippen molar-refractivity contribution in [2.24, 2.45) is 0 Å². The molecule has 0 saturated carbocycles. The first kappa shape index (κ1) is 20.4. The molecule has 3 aromatic carbocycles. The molecule has 0 aliphatic rings. The van der Waals surface area contributed by atoms with Gasteiger partial charge < -0.3 is 5.32 Å². The molecule has 0 atom stereocenters. The molecule has 0 aliphatic heterocycles. The highest BCUT2D eigenvalue weighted by Gasteiger charge is 2.13. The molecule has 1 N–H and O–H groups in total. The van der Waals surface area contributed by atoms with Gasteiger partial charge >= 0.3 is 0 Å². The summed E-state index contributed by atoms with van der Waals surface area (Å²) < 4.78 is 16.8. The van der Waals surface area contributed by atoms with Gasteiger partial charge in [-0.1, -0.05) is 6.07 Å². The fraction of sp³-hybridized carbons (Fsp3) is 0.0385. The van der Waals surface area contributed by atoms with Crippen molar-refractivity contribution in [2.75, 3.05) is 5.32 Å². The van der Waals surface area contributed by atoms with Crippen LogP contribution in [0.15, 0.2) is 95.9 Å². The number of hydrogen-bond acceptors (Lipinski definition) is 3. The van der Waals surface area contributed by atoms with Crippen LogP contribution in [0.3, 0.4) is 0 Å². The molecule has 33 heavy (non-hydrogen) atoms. The number of aromatic nitrogens is 3. The van der Waals surface area contributed by atoms with E-state index < -0.39 is 0 Å². The maximum Gasteiger partial charge on any atom is 0.255 e. The van der Waals surface area contributed by atoms with Crippen molar-refractivity contribution in [2.45, 2.75) is 6.92 Å². The number of nitrogens with one attached hydrogen (secondary N) is 1. The largest absolute Gasteiger partial charge is 0.322 e. The summed E-state index contributed by atoms with van der Waals surface area (Å²) in [7, 11) is 0. The van der Waals surface area contributed by atoms with E-state index in [0.29, 0.717) is 16.9 Å². The van der Waals surface area contributed by atoms with Crippen LogP contribution in [0.1, 0.15) is 16.2 Å². The molecular formula is C26H19FN4O2. The van der Waals surface area contributed by atoms with E-state index in [1.807, 2.05) is 11.5 Å². The molecular weight excluding hydrogens is 419 g/mol. The number of fused-ring (bicyclic) bond motifs is 1. The second kappa shape index (κ2) is 8.20. The Morgan fingerprint density at radius 2 is 1.64 bits per heavy atom. The summed E-state index contributed by atoms with van der Waals surface area (Å²) in [5.74, 6) is 0.149. The number of carbonyl (C=O) groups excluding carboxylic acids is 1. The molecule has 6 nitrogen and oxygen atoms in total. The van der Waals surface area contributed by atoms with Crippen molar-refractivity contribution in [1.29, 1.82) is 0 Å². The molecule has 1 amide bonds. The van der Waals surface area contributed by atoms with Gasteiger partial charge in [0.05, 0.1) is 11.0 Å². The van der Waals surface area contributed by atoms with Gasteiger partial charge in [0.25, 0.3) is 11.5 Å². The van der Waals surface area contributed by atoms with Crippen molar-refractivity contribution in [3.63, 3.8) is 0 Å².